The summed E-state index contributed by atoms with van der Waals surface area (Å²) in [6, 6.07) is 4.46. The topological polar surface area (TPSA) is 29.5 Å². The first-order chi connectivity index (χ1) is 9.11. The summed E-state index contributed by atoms with van der Waals surface area (Å²) in [6.07, 6.45) is 2.09. The standard InChI is InChI=1S/C15H20FNO2/c1-11(18)14-9-13(16)3-4-15(14)17-7-5-12(6-8-17)10-19-2/h3-4,9,12H,5-8,10H2,1-2H3. The number of carbonyl (C=O) groups excluding carboxylic acids is 1. The fourth-order valence-corrected chi connectivity index (χ4v) is 2.64. The monoisotopic (exact) mass is 265 g/mol. The number of carbonyl (C=O) groups is 1. The maximum atomic E-state index is 13.2. The number of benzene rings is 1. The molecule has 0 bridgehead atoms. The molecule has 3 nitrogen and oxygen atoms in total. The predicted molar refractivity (Wildman–Crippen MR) is 73.2 cm³/mol. The van der Waals surface area contributed by atoms with Gasteiger partial charge in [-0.25, -0.2) is 4.39 Å². The van der Waals surface area contributed by atoms with Gasteiger partial charge < -0.3 is 9.64 Å². The lowest BCUT2D eigenvalue weighted by Crippen LogP contribution is -2.35. The number of piperidine rings is 1. The zero-order valence-corrected chi connectivity index (χ0v) is 11.5. The van der Waals surface area contributed by atoms with Crippen LogP contribution < -0.4 is 4.90 Å². The van der Waals surface area contributed by atoms with Crippen molar-refractivity contribution in [3.63, 3.8) is 0 Å². The van der Waals surface area contributed by atoms with Gasteiger partial charge in [0.25, 0.3) is 0 Å². The number of halogens is 1. The smallest absolute Gasteiger partial charge is 0.161 e. The van der Waals surface area contributed by atoms with Crippen LogP contribution in [0.1, 0.15) is 30.1 Å². The number of hydrogen-bond acceptors (Lipinski definition) is 3. The van der Waals surface area contributed by atoms with E-state index >= 15 is 0 Å². The van der Waals surface area contributed by atoms with Gasteiger partial charge in [0.05, 0.1) is 0 Å². The van der Waals surface area contributed by atoms with Crippen LogP contribution in [0.5, 0.6) is 0 Å². The molecule has 2 rings (SSSR count). The van der Waals surface area contributed by atoms with Gasteiger partial charge in [-0.3, -0.25) is 4.79 Å². The highest BCUT2D eigenvalue weighted by atomic mass is 19.1. The summed E-state index contributed by atoms with van der Waals surface area (Å²) in [5.41, 5.74) is 1.33. The third-order valence-electron chi connectivity index (χ3n) is 3.70. The van der Waals surface area contributed by atoms with Crippen LogP contribution in [0, 0.1) is 11.7 Å². The summed E-state index contributed by atoms with van der Waals surface area (Å²) in [4.78, 5) is 13.8. The minimum absolute atomic E-state index is 0.0893. The number of methoxy groups -OCH3 is 1. The second-order valence-electron chi connectivity index (χ2n) is 5.10. The van der Waals surface area contributed by atoms with Crippen molar-refractivity contribution in [2.45, 2.75) is 19.8 Å². The van der Waals surface area contributed by atoms with E-state index in [0.29, 0.717) is 11.5 Å². The summed E-state index contributed by atoms with van der Waals surface area (Å²) in [6.45, 7) is 4.05. The zero-order chi connectivity index (χ0) is 13.8. The highest BCUT2D eigenvalue weighted by Crippen LogP contribution is 2.27. The number of hydrogen-bond donors (Lipinski definition) is 0. The highest BCUT2D eigenvalue weighted by Gasteiger charge is 2.22. The van der Waals surface area contributed by atoms with Crippen LogP contribution in [-0.4, -0.2) is 32.6 Å². The van der Waals surface area contributed by atoms with Gasteiger partial charge >= 0.3 is 0 Å². The summed E-state index contributed by atoms with van der Waals surface area (Å²) < 4.78 is 18.4. The normalized spacial score (nSPS) is 16.7. The van der Waals surface area contributed by atoms with Crippen molar-refractivity contribution in [1.82, 2.24) is 0 Å². The third kappa shape index (κ3) is 3.32. The Morgan fingerprint density at radius 3 is 2.68 bits per heavy atom. The molecular weight excluding hydrogens is 245 g/mol. The van der Waals surface area contributed by atoms with Crippen molar-refractivity contribution in [2.75, 3.05) is 31.7 Å². The van der Waals surface area contributed by atoms with E-state index in [-0.39, 0.29) is 11.6 Å². The van der Waals surface area contributed by atoms with E-state index in [1.54, 1.807) is 13.2 Å². The molecule has 0 N–H and O–H groups in total. The Balaban J connectivity index is 2.13. The van der Waals surface area contributed by atoms with Crippen LogP contribution in [0.4, 0.5) is 10.1 Å². The number of nitrogens with zero attached hydrogens (tertiary/aromatic N) is 1. The molecule has 0 atom stereocenters. The molecule has 104 valence electrons. The molecule has 1 aromatic rings. The molecule has 1 aliphatic rings. The first-order valence-corrected chi connectivity index (χ1v) is 6.66. The van der Waals surface area contributed by atoms with Crippen molar-refractivity contribution in [3.8, 4) is 0 Å². The number of rotatable bonds is 4. The van der Waals surface area contributed by atoms with Crippen LogP contribution in [0.25, 0.3) is 0 Å². The Morgan fingerprint density at radius 2 is 2.11 bits per heavy atom. The Hall–Kier alpha value is -1.42. The van der Waals surface area contributed by atoms with Crippen molar-refractivity contribution in [2.24, 2.45) is 5.92 Å². The van der Waals surface area contributed by atoms with Gasteiger partial charge in [0.1, 0.15) is 5.82 Å². The Kier molecular flexibility index (Phi) is 4.53. The minimum atomic E-state index is -0.358. The molecule has 0 unspecified atom stereocenters. The van der Waals surface area contributed by atoms with Crippen LogP contribution in [0.15, 0.2) is 18.2 Å². The number of ether oxygens (including phenoxy) is 1. The largest absolute Gasteiger partial charge is 0.384 e. The van der Waals surface area contributed by atoms with Gasteiger partial charge in [0.2, 0.25) is 0 Å². The first kappa shape index (κ1) is 14.0. The van der Waals surface area contributed by atoms with E-state index in [1.165, 1.54) is 19.1 Å². The lowest BCUT2D eigenvalue weighted by atomic mass is 9.96. The van der Waals surface area contributed by atoms with E-state index in [2.05, 4.69) is 4.90 Å². The molecule has 1 saturated heterocycles. The SMILES string of the molecule is COCC1CCN(c2ccc(F)cc2C(C)=O)CC1. The second-order valence-corrected chi connectivity index (χ2v) is 5.10. The molecule has 0 aromatic heterocycles. The molecule has 4 heteroatoms. The Morgan fingerprint density at radius 1 is 1.42 bits per heavy atom. The quantitative estimate of drug-likeness (QED) is 0.784. The highest BCUT2D eigenvalue weighted by molar-refractivity contribution is 5.99. The van der Waals surface area contributed by atoms with E-state index in [4.69, 9.17) is 4.74 Å². The van der Waals surface area contributed by atoms with Crippen molar-refractivity contribution in [3.05, 3.63) is 29.6 Å². The molecule has 0 spiro atoms. The van der Waals surface area contributed by atoms with Gasteiger partial charge in [-0.2, -0.15) is 0 Å². The molecule has 19 heavy (non-hydrogen) atoms. The number of Topliss-reactive ketones (excluding diaryl/α,β-unsaturated/α-hetero) is 1. The maximum Gasteiger partial charge on any atom is 0.161 e. The average Bonchev–Trinajstić information content (AvgIpc) is 2.40. The van der Waals surface area contributed by atoms with Crippen LogP contribution in [-0.2, 0) is 4.74 Å². The van der Waals surface area contributed by atoms with Crippen molar-refractivity contribution in [1.29, 1.82) is 0 Å². The second kappa shape index (κ2) is 6.15. The van der Waals surface area contributed by atoms with E-state index in [0.717, 1.165) is 38.2 Å². The molecule has 1 heterocycles. The number of anilines is 1. The van der Waals surface area contributed by atoms with Crippen LogP contribution in [0.3, 0.4) is 0 Å². The number of ketones is 1. The van der Waals surface area contributed by atoms with Crippen LogP contribution in [0.2, 0.25) is 0 Å². The summed E-state index contributed by atoms with van der Waals surface area (Å²) in [5, 5.41) is 0. The lowest BCUT2D eigenvalue weighted by Gasteiger charge is -2.34. The third-order valence-corrected chi connectivity index (χ3v) is 3.70. The zero-order valence-electron chi connectivity index (χ0n) is 11.5. The first-order valence-electron chi connectivity index (χ1n) is 6.66. The fourth-order valence-electron chi connectivity index (χ4n) is 2.64. The summed E-state index contributed by atoms with van der Waals surface area (Å²) in [5.74, 6) is 0.138. The maximum absolute atomic E-state index is 13.2. The summed E-state index contributed by atoms with van der Waals surface area (Å²) in [7, 11) is 1.72. The molecule has 1 aliphatic heterocycles. The molecule has 0 saturated carbocycles. The van der Waals surface area contributed by atoms with Crippen LogP contribution >= 0.6 is 0 Å². The summed E-state index contributed by atoms with van der Waals surface area (Å²) >= 11 is 0. The molecule has 0 amide bonds. The molecular formula is C15H20FNO2. The van der Waals surface area contributed by atoms with Gasteiger partial charge in [0.15, 0.2) is 5.78 Å². The predicted octanol–water partition coefficient (Wildman–Crippen LogP) is 2.89. The van der Waals surface area contributed by atoms with E-state index in [9.17, 15) is 9.18 Å². The van der Waals surface area contributed by atoms with Gasteiger partial charge in [-0.05, 0) is 43.9 Å². The minimum Gasteiger partial charge on any atom is -0.384 e. The Labute approximate surface area is 113 Å². The fraction of sp³-hybridized carbons (Fsp3) is 0.533. The lowest BCUT2D eigenvalue weighted by molar-refractivity contribution is 0.101. The van der Waals surface area contributed by atoms with Gasteiger partial charge in [0, 0.05) is 38.1 Å². The molecule has 1 aromatic carbocycles. The molecule has 1 fully saturated rings. The average molecular weight is 265 g/mol. The molecule has 0 radical (unpaired) electrons. The van der Waals surface area contributed by atoms with Gasteiger partial charge in [-0.15, -0.1) is 0 Å². The van der Waals surface area contributed by atoms with Crippen molar-refractivity contribution >= 4 is 11.5 Å². The van der Waals surface area contributed by atoms with Gasteiger partial charge in [-0.1, -0.05) is 0 Å². The van der Waals surface area contributed by atoms with E-state index < -0.39 is 0 Å². The van der Waals surface area contributed by atoms with E-state index in [1.807, 2.05) is 0 Å². The Bertz CT molecular complexity index is 453. The van der Waals surface area contributed by atoms with Crippen molar-refractivity contribution < 1.29 is 13.9 Å². The molecule has 0 aliphatic carbocycles.